The van der Waals surface area contributed by atoms with Crippen LogP contribution in [-0.2, 0) is 20.1 Å². The van der Waals surface area contributed by atoms with Gasteiger partial charge in [-0.2, -0.15) is 0 Å². The Morgan fingerprint density at radius 1 is 1.19 bits per heavy atom. The Balaban J connectivity index is 2.26. The fraction of sp³-hybridized carbons (Fsp3) is 0.417. The van der Waals surface area contributed by atoms with Crippen LogP contribution in [0.5, 0.6) is 0 Å². The number of ketones is 1. The highest BCUT2D eigenvalue weighted by Gasteiger charge is 2.49. The molecule has 0 spiro atoms. The van der Waals surface area contributed by atoms with Crippen molar-refractivity contribution in [3.8, 4) is 0 Å². The second kappa shape index (κ2) is 8.70. The lowest BCUT2D eigenvalue weighted by Gasteiger charge is -2.32. The van der Waals surface area contributed by atoms with Crippen LogP contribution in [0.1, 0.15) is 59.7 Å². The monoisotopic (exact) mass is 440 g/mol. The zero-order chi connectivity index (χ0) is 23.8. The quantitative estimate of drug-likeness (QED) is 0.398. The average Bonchev–Trinajstić information content (AvgIpc) is 2.94. The first-order valence-electron chi connectivity index (χ1n) is 10.6. The Morgan fingerprint density at radius 2 is 1.88 bits per heavy atom. The molecule has 1 aromatic carbocycles. The Hall–Kier alpha value is -3.26. The summed E-state index contributed by atoms with van der Waals surface area (Å²) < 4.78 is 4.71. The number of methoxy groups -OCH3 is 1. The van der Waals surface area contributed by atoms with Crippen molar-refractivity contribution in [2.24, 2.45) is 4.99 Å². The summed E-state index contributed by atoms with van der Waals surface area (Å²) in [5.74, 6) is -2.39. The van der Waals surface area contributed by atoms with Gasteiger partial charge < -0.3 is 19.8 Å². The molecule has 0 fully saturated rings. The average molecular weight is 440 g/mol. The van der Waals surface area contributed by atoms with Crippen molar-refractivity contribution in [3.05, 3.63) is 51.8 Å². The molecule has 1 unspecified atom stereocenters. The van der Waals surface area contributed by atoms with E-state index in [4.69, 9.17) is 4.74 Å². The van der Waals surface area contributed by atoms with Gasteiger partial charge in [0.05, 0.1) is 18.4 Å². The smallest absolute Gasteiger partial charge is 0.344 e. The molecular weight excluding hydrogens is 412 g/mol. The number of nitrogens with zero attached hydrogens (tertiary/aromatic N) is 2. The number of carbonyl (C=O) groups excluding carboxylic acids is 3. The molecule has 8 heteroatoms. The van der Waals surface area contributed by atoms with Gasteiger partial charge in [-0.3, -0.25) is 9.59 Å². The van der Waals surface area contributed by atoms with Crippen LogP contribution in [0.4, 0.5) is 5.69 Å². The van der Waals surface area contributed by atoms with E-state index in [-0.39, 0.29) is 22.5 Å². The SMILES string of the molecule is CCCCCC1(O)c2c(C)cc(C)c(N=C3C(=O)C=CC(O)=C3C(=O)OC)c2C(=O)N1C. The van der Waals surface area contributed by atoms with E-state index in [1.165, 1.54) is 4.90 Å². The van der Waals surface area contributed by atoms with Crippen molar-refractivity contribution in [1.29, 1.82) is 0 Å². The van der Waals surface area contributed by atoms with Gasteiger partial charge in [0.2, 0.25) is 5.78 Å². The number of rotatable bonds is 6. The number of ether oxygens (including phenoxy) is 1. The fourth-order valence-corrected chi connectivity index (χ4v) is 4.35. The van der Waals surface area contributed by atoms with Crippen LogP contribution in [0.2, 0.25) is 0 Å². The minimum Gasteiger partial charge on any atom is -0.507 e. The zero-order valence-corrected chi connectivity index (χ0v) is 19.0. The number of aryl methyl sites for hydroxylation is 2. The molecule has 0 saturated carbocycles. The van der Waals surface area contributed by atoms with Gasteiger partial charge in [-0.15, -0.1) is 0 Å². The van der Waals surface area contributed by atoms with Crippen molar-refractivity contribution in [1.82, 2.24) is 4.90 Å². The molecule has 1 amide bonds. The predicted molar refractivity (Wildman–Crippen MR) is 119 cm³/mol. The Morgan fingerprint density at radius 3 is 2.50 bits per heavy atom. The van der Waals surface area contributed by atoms with Crippen LogP contribution in [0, 0.1) is 13.8 Å². The Kier molecular flexibility index (Phi) is 6.37. The molecule has 2 aliphatic rings. The number of aliphatic hydroxyl groups excluding tert-OH is 1. The van der Waals surface area contributed by atoms with Crippen LogP contribution in [0.15, 0.2) is 34.5 Å². The van der Waals surface area contributed by atoms with E-state index in [2.05, 4.69) is 11.9 Å². The van der Waals surface area contributed by atoms with E-state index < -0.39 is 29.1 Å². The third-order valence-electron chi connectivity index (χ3n) is 6.02. The standard InChI is InChI=1S/C24H28N2O6/c1-6-7-8-11-24(31)19-13(2)12-14(3)20(18(19)22(29)26(24)4)25-21-16(28)10-9-15(27)17(21)23(30)32-5/h9-10,12,27,31H,6-8,11H2,1-5H3. The van der Waals surface area contributed by atoms with Crippen molar-refractivity contribution in [3.63, 3.8) is 0 Å². The van der Waals surface area contributed by atoms with E-state index in [0.29, 0.717) is 17.5 Å². The molecule has 0 radical (unpaired) electrons. The van der Waals surface area contributed by atoms with E-state index in [1.807, 2.05) is 6.92 Å². The molecule has 8 nitrogen and oxygen atoms in total. The van der Waals surface area contributed by atoms with E-state index in [0.717, 1.165) is 44.1 Å². The van der Waals surface area contributed by atoms with Crippen LogP contribution in [-0.4, -0.2) is 52.6 Å². The van der Waals surface area contributed by atoms with Crippen LogP contribution in [0.25, 0.3) is 0 Å². The first-order chi connectivity index (χ1) is 15.1. The first kappa shape index (κ1) is 23.4. The summed E-state index contributed by atoms with van der Waals surface area (Å²) in [5, 5.41) is 21.7. The maximum Gasteiger partial charge on any atom is 0.344 e. The molecule has 1 aliphatic carbocycles. The van der Waals surface area contributed by atoms with Gasteiger partial charge in [0, 0.05) is 12.6 Å². The van der Waals surface area contributed by atoms with Gasteiger partial charge >= 0.3 is 5.97 Å². The number of esters is 1. The lowest BCUT2D eigenvalue weighted by molar-refractivity contribution is -0.135. The molecule has 1 aromatic rings. The van der Waals surface area contributed by atoms with Gasteiger partial charge in [-0.05, 0) is 50.0 Å². The molecular formula is C24H28N2O6. The highest BCUT2D eigenvalue weighted by atomic mass is 16.5. The lowest BCUT2D eigenvalue weighted by atomic mass is 9.89. The zero-order valence-electron chi connectivity index (χ0n) is 19.0. The second-order valence-electron chi connectivity index (χ2n) is 8.16. The molecule has 3 rings (SSSR count). The van der Waals surface area contributed by atoms with Gasteiger partial charge in [-0.1, -0.05) is 25.8 Å². The maximum atomic E-state index is 13.3. The largest absolute Gasteiger partial charge is 0.507 e. The second-order valence-corrected chi connectivity index (χ2v) is 8.16. The molecule has 1 aliphatic heterocycles. The molecule has 32 heavy (non-hydrogen) atoms. The molecule has 1 atom stereocenters. The topological polar surface area (TPSA) is 117 Å². The summed E-state index contributed by atoms with van der Waals surface area (Å²) in [5.41, 5.74) is -0.0111. The van der Waals surface area contributed by atoms with Crippen LogP contribution in [0.3, 0.4) is 0 Å². The summed E-state index contributed by atoms with van der Waals surface area (Å²) in [6.07, 6.45) is 5.17. The minimum atomic E-state index is -1.49. The molecule has 0 aromatic heterocycles. The number of benzene rings is 1. The third kappa shape index (κ3) is 3.64. The van der Waals surface area contributed by atoms with Crippen molar-refractivity contribution < 1.29 is 29.3 Å². The summed E-state index contributed by atoms with van der Waals surface area (Å²) in [6, 6.07) is 1.79. The fourth-order valence-electron chi connectivity index (χ4n) is 4.35. The Labute approximate surface area is 186 Å². The molecule has 0 saturated heterocycles. The summed E-state index contributed by atoms with van der Waals surface area (Å²) >= 11 is 0. The van der Waals surface area contributed by atoms with Gasteiger partial charge in [0.25, 0.3) is 5.91 Å². The maximum absolute atomic E-state index is 13.3. The van der Waals surface area contributed by atoms with E-state index >= 15 is 0 Å². The lowest BCUT2D eigenvalue weighted by Crippen LogP contribution is -2.41. The highest BCUT2D eigenvalue weighted by molar-refractivity contribution is 6.55. The van der Waals surface area contributed by atoms with Gasteiger partial charge in [0.1, 0.15) is 17.0 Å². The highest BCUT2D eigenvalue weighted by Crippen LogP contribution is 2.46. The summed E-state index contributed by atoms with van der Waals surface area (Å²) in [4.78, 5) is 43.8. The van der Waals surface area contributed by atoms with Crippen molar-refractivity contribution in [2.75, 3.05) is 14.2 Å². The predicted octanol–water partition coefficient (Wildman–Crippen LogP) is 3.31. The van der Waals surface area contributed by atoms with Gasteiger partial charge in [-0.25, -0.2) is 9.79 Å². The number of carbonyl (C=O) groups is 3. The number of aliphatic hydroxyl groups is 2. The van der Waals surface area contributed by atoms with Crippen molar-refractivity contribution in [2.45, 2.75) is 52.2 Å². The Bertz CT molecular complexity index is 1100. The van der Waals surface area contributed by atoms with E-state index in [1.54, 1.807) is 20.0 Å². The number of fused-ring (bicyclic) bond motifs is 1. The number of aliphatic imine (C=N–C) groups is 1. The van der Waals surface area contributed by atoms with Crippen molar-refractivity contribution >= 4 is 29.1 Å². The minimum absolute atomic E-state index is 0.182. The molecule has 170 valence electrons. The molecule has 2 N–H and O–H groups in total. The van der Waals surface area contributed by atoms with Gasteiger partial charge in [0.15, 0.2) is 5.72 Å². The third-order valence-corrected chi connectivity index (χ3v) is 6.02. The number of hydrogen-bond donors (Lipinski definition) is 2. The summed E-state index contributed by atoms with van der Waals surface area (Å²) in [6.45, 7) is 5.61. The summed E-state index contributed by atoms with van der Waals surface area (Å²) in [7, 11) is 2.67. The normalized spacial score (nSPS) is 21.6. The number of unbranched alkanes of at least 4 members (excludes halogenated alkanes) is 2. The number of hydrogen-bond acceptors (Lipinski definition) is 7. The van der Waals surface area contributed by atoms with Crippen LogP contribution < -0.4 is 0 Å². The number of allylic oxidation sites excluding steroid dienone is 2. The van der Waals surface area contributed by atoms with E-state index in [9.17, 15) is 24.6 Å². The van der Waals surface area contributed by atoms with Crippen LogP contribution >= 0.6 is 0 Å². The first-order valence-corrected chi connectivity index (χ1v) is 10.6. The number of amides is 1. The molecule has 0 bridgehead atoms. The molecule has 1 heterocycles.